The Bertz CT molecular complexity index is 1080. The molecule has 4 rings (SSSR count). The lowest BCUT2D eigenvalue weighted by Gasteiger charge is -2.21. The summed E-state index contributed by atoms with van der Waals surface area (Å²) < 4.78 is 6.90. The van der Waals surface area contributed by atoms with Gasteiger partial charge in [0.1, 0.15) is 5.52 Å². The minimum atomic E-state index is -0.288. The smallest absolute Gasteiger partial charge is 0.306 e. The molecule has 0 radical (unpaired) electrons. The molecule has 0 amide bonds. The van der Waals surface area contributed by atoms with E-state index >= 15 is 0 Å². The number of esters is 1. The number of aryl methyl sites for hydroxylation is 2. The number of halogens is 1. The number of nitrogens with zero attached hydrogens (tertiary/aromatic N) is 3. The van der Waals surface area contributed by atoms with E-state index in [0.29, 0.717) is 17.1 Å². The van der Waals surface area contributed by atoms with Crippen molar-refractivity contribution in [2.45, 2.75) is 45.1 Å². The highest BCUT2D eigenvalue weighted by atomic mass is 35.5. The van der Waals surface area contributed by atoms with Gasteiger partial charge in [-0.2, -0.15) is 0 Å². The van der Waals surface area contributed by atoms with Gasteiger partial charge in [-0.3, -0.25) is 4.79 Å². The van der Waals surface area contributed by atoms with Crippen molar-refractivity contribution in [1.29, 1.82) is 0 Å². The Kier molecular flexibility index (Phi) is 5.56. The lowest BCUT2D eigenvalue weighted by molar-refractivity contribution is -0.143. The summed E-state index contributed by atoms with van der Waals surface area (Å²) in [6.07, 6.45) is 3.23. The SMILES string of the molecule is CCOC(=O)CC(c1cc(CO)c2c(c1)CCC2)c1ccc2c(nnn2C)c1Cl. The van der Waals surface area contributed by atoms with Crippen molar-refractivity contribution in [2.75, 3.05) is 6.61 Å². The zero-order valence-electron chi connectivity index (χ0n) is 16.6. The first-order valence-corrected chi connectivity index (χ1v) is 10.3. The van der Waals surface area contributed by atoms with Gasteiger partial charge in [0.25, 0.3) is 0 Å². The van der Waals surface area contributed by atoms with Crippen molar-refractivity contribution in [2.24, 2.45) is 7.05 Å². The predicted molar refractivity (Wildman–Crippen MR) is 111 cm³/mol. The molecule has 1 N–H and O–H groups in total. The van der Waals surface area contributed by atoms with Crippen LogP contribution in [0, 0.1) is 0 Å². The Morgan fingerprint density at radius 3 is 2.93 bits per heavy atom. The fourth-order valence-corrected chi connectivity index (χ4v) is 4.65. The summed E-state index contributed by atoms with van der Waals surface area (Å²) in [5, 5.41) is 18.6. The number of hydrogen-bond donors (Lipinski definition) is 1. The molecule has 0 aliphatic heterocycles. The molecule has 0 saturated carbocycles. The third-order valence-electron chi connectivity index (χ3n) is 5.71. The third-order valence-corrected chi connectivity index (χ3v) is 6.10. The van der Waals surface area contributed by atoms with Crippen molar-refractivity contribution >= 4 is 28.6 Å². The van der Waals surface area contributed by atoms with Gasteiger partial charge in [0.15, 0.2) is 0 Å². The van der Waals surface area contributed by atoms with Gasteiger partial charge in [0.05, 0.1) is 30.2 Å². The minimum absolute atomic E-state index is 0.0147. The average molecular weight is 414 g/mol. The van der Waals surface area contributed by atoms with Crippen LogP contribution in [-0.2, 0) is 36.0 Å². The number of benzene rings is 2. The number of hydrogen-bond acceptors (Lipinski definition) is 5. The normalized spacial score (nSPS) is 14.2. The second-order valence-electron chi connectivity index (χ2n) is 7.44. The molecular formula is C22H24ClN3O3. The molecule has 1 aromatic heterocycles. The van der Waals surface area contributed by atoms with Crippen molar-refractivity contribution in [1.82, 2.24) is 15.0 Å². The molecule has 2 aromatic carbocycles. The highest BCUT2D eigenvalue weighted by Gasteiger charge is 2.26. The maximum atomic E-state index is 12.4. The zero-order chi connectivity index (χ0) is 20.5. The Hall–Kier alpha value is -2.44. The highest BCUT2D eigenvalue weighted by molar-refractivity contribution is 6.35. The van der Waals surface area contributed by atoms with Gasteiger partial charge in [-0.15, -0.1) is 5.10 Å². The first-order valence-electron chi connectivity index (χ1n) is 9.92. The van der Waals surface area contributed by atoms with E-state index in [2.05, 4.69) is 16.4 Å². The topological polar surface area (TPSA) is 77.2 Å². The van der Waals surface area contributed by atoms with E-state index in [9.17, 15) is 9.90 Å². The second-order valence-corrected chi connectivity index (χ2v) is 7.82. The van der Waals surface area contributed by atoms with Crippen molar-refractivity contribution in [3.63, 3.8) is 0 Å². The second kappa shape index (κ2) is 8.13. The van der Waals surface area contributed by atoms with Gasteiger partial charge in [-0.05, 0) is 60.1 Å². The van der Waals surface area contributed by atoms with Gasteiger partial charge in [0, 0.05) is 13.0 Å². The van der Waals surface area contributed by atoms with Gasteiger partial charge in [0.2, 0.25) is 0 Å². The number of aromatic nitrogens is 3. The van der Waals surface area contributed by atoms with Gasteiger partial charge >= 0.3 is 5.97 Å². The standard InChI is InChI=1S/C22H24ClN3O3/c1-3-29-20(28)11-18(14-9-13-5-4-6-16(13)15(10-14)12-27)17-7-8-19-22(21(17)23)24-25-26(19)2/h7-10,18,27H,3-6,11-12H2,1-2H3. The van der Waals surface area contributed by atoms with Crippen molar-refractivity contribution < 1.29 is 14.6 Å². The molecule has 29 heavy (non-hydrogen) atoms. The van der Waals surface area contributed by atoms with Crippen LogP contribution in [0.1, 0.15) is 53.5 Å². The molecule has 0 spiro atoms. The van der Waals surface area contributed by atoms with Gasteiger partial charge in [-0.1, -0.05) is 35.0 Å². The average Bonchev–Trinajstić information content (AvgIpc) is 3.33. The van der Waals surface area contributed by atoms with Crippen LogP contribution < -0.4 is 0 Å². The number of fused-ring (bicyclic) bond motifs is 2. The van der Waals surface area contributed by atoms with Gasteiger partial charge in [-0.25, -0.2) is 4.68 Å². The highest BCUT2D eigenvalue weighted by Crippen LogP contribution is 2.39. The first-order chi connectivity index (χ1) is 14.0. The van der Waals surface area contributed by atoms with Crippen LogP contribution in [0.15, 0.2) is 24.3 Å². The lowest BCUT2D eigenvalue weighted by atomic mass is 9.85. The van der Waals surface area contributed by atoms with E-state index in [1.54, 1.807) is 11.6 Å². The number of aliphatic hydroxyl groups excluding tert-OH is 1. The molecule has 0 fully saturated rings. The summed E-state index contributed by atoms with van der Waals surface area (Å²) >= 11 is 6.73. The summed E-state index contributed by atoms with van der Waals surface area (Å²) in [5.41, 5.74) is 6.64. The fourth-order valence-electron chi connectivity index (χ4n) is 4.32. The molecule has 0 bridgehead atoms. The van der Waals surface area contributed by atoms with E-state index in [1.807, 2.05) is 25.2 Å². The predicted octanol–water partition coefficient (Wildman–Crippen LogP) is 3.69. The molecule has 7 heteroatoms. The molecule has 1 unspecified atom stereocenters. The number of carbonyl (C=O) groups is 1. The maximum absolute atomic E-state index is 12.4. The van der Waals surface area contributed by atoms with Crippen molar-refractivity contribution in [3.8, 4) is 0 Å². The molecule has 3 aromatic rings. The molecule has 152 valence electrons. The molecule has 6 nitrogen and oxygen atoms in total. The first kappa shape index (κ1) is 19.9. The van der Waals surface area contributed by atoms with Crippen LogP contribution >= 0.6 is 11.6 Å². The maximum Gasteiger partial charge on any atom is 0.306 e. The Morgan fingerprint density at radius 1 is 1.34 bits per heavy atom. The van der Waals surface area contributed by atoms with Crippen LogP contribution in [0.3, 0.4) is 0 Å². The largest absolute Gasteiger partial charge is 0.466 e. The minimum Gasteiger partial charge on any atom is -0.466 e. The number of ether oxygens (including phenoxy) is 1. The van der Waals surface area contributed by atoms with E-state index < -0.39 is 0 Å². The molecular weight excluding hydrogens is 390 g/mol. The summed E-state index contributed by atoms with van der Waals surface area (Å²) in [7, 11) is 1.81. The van der Waals surface area contributed by atoms with E-state index in [4.69, 9.17) is 16.3 Å². The number of carbonyl (C=O) groups excluding carboxylic acids is 1. The molecule has 1 aliphatic rings. The quantitative estimate of drug-likeness (QED) is 0.623. The summed E-state index contributed by atoms with van der Waals surface area (Å²) in [6, 6.07) is 8.02. The number of aliphatic hydroxyl groups is 1. The van der Waals surface area contributed by atoms with Crippen LogP contribution in [0.2, 0.25) is 5.02 Å². The number of rotatable bonds is 6. The zero-order valence-corrected chi connectivity index (χ0v) is 17.4. The Morgan fingerprint density at radius 2 is 2.17 bits per heavy atom. The molecule has 0 saturated heterocycles. The molecule has 1 heterocycles. The summed E-state index contributed by atoms with van der Waals surface area (Å²) in [4.78, 5) is 12.4. The summed E-state index contributed by atoms with van der Waals surface area (Å²) in [5.74, 6) is -0.567. The molecule has 1 aliphatic carbocycles. The van der Waals surface area contributed by atoms with Crippen LogP contribution in [0.5, 0.6) is 0 Å². The van der Waals surface area contributed by atoms with Crippen LogP contribution in [-0.4, -0.2) is 32.7 Å². The Balaban J connectivity index is 1.85. The third kappa shape index (κ3) is 3.63. The van der Waals surface area contributed by atoms with Gasteiger partial charge < -0.3 is 9.84 Å². The monoisotopic (exact) mass is 413 g/mol. The van der Waals surface area contributed by atoms with E-state index in [0.717, 1.165) is 41.5 Å². The van der Waals surface area contributed by atoms with E-state index in [-0.39, 0.29) is 24.9 Å². The Labute approximate surface area is 174 Å². The van der Waals surface area contributed by atoms with Crippen LogP contribution in [0.25, 0.3) is 11.0 Å². The lowest BCUT2D eigenvalue weighted by Crippen LogP contribution is -2.13. The summed E-state index contributed by atoms with van der Waals surface area (Å²) in [6.45, 7) is 2.11. The van der Waals surface area contributed by atoms with E-state index in [1.165, 1.54) is 11.1 Å². The molecule has 1 atom stereocenters. The van der Waals surface area contributed by atoms with Crippen molar-refractivity contribution in [3.05, 3.63) is 57.1 Å². The fraction of sp³-hybridized carbons (Fsp3) is 0.409. The van der Waals surface area contributed by atoms with Crippen LogP contribution in [0.4, 0.5) is 0 Å².